The van der Waals surface area contributed by atoms with Crippen LogP contribution in [0.3, 0.4) is 0 Å². The third-order valence-corrected chi connectivity index (χ3v) is 5.99. The van der Waals surface area contributed by atoms with Crippen molar-refractivity contribution in [2.45, 2.75) is 53.5 Å². The van der Waals surface area contributed by atoms with Gasteiger partial charge >= 0.3 is 5.97 Å². The molecule has 1 aliphatic heterocycles. The highest BCUT2D eigenvalue weighted by Crippen LogP contribution is 2.44. The average Bonchev–Trinajstić information content (AvgIpc) is 2.70. The molecule has 1 atom stereocenters. The number of nitrogens with zero attached hydrogens (tertiary/aromatic N) is 2. The molecule has 0 aromatic carbocycles. The fourth-order valence-electron chi connectivity index (χ4n) is 4.15. The molecular formula is C24H33ClN2O5S. The van der Waals surface area contributed by atoms with Crippen LogP contribution < -0.4 is 10.2 Å². The number of methoxy groups -OCH3 is 1. The van der Waals surface area contributed by atoms with E-state index in [9.17, 15) is 9.59 Å². The van der Waals surface area contributed by atoms with Crippen LogP contribution in [0.5, 0.6) is 5.75 Å². The first kappa shape index (κ1) is 27.2. The zero-order valence-corrected chi connectivity index (χ0v) is 21.8. The Bertz CT molecular complexity index is 1080. The summed E-state index contributed by atoms with van der Waals surface area (Å²) in [4.78, 5) is 30.1. The van der Waals surface area contributed by atoms with Gasteiger partial charge in [-0.05, 0) is 37.3 Å². The van der Waals surface area contributed by atoms with Crippen molar-refractivity contribution in [3.8, 4) is 17.1 Å². The smallest absolute Gasteiger partial charge is 0.343 e. The van der Waals surface area contributed by atoms with E-state index in [1.165, 1.54) is 6.07 Å². The van der Waals surface area contributed by atoms with Crippen LogP contribution in [-0.2, 0) is 15.9 Å². The van der Waals surface area contributed by atoms with Crippen LogP contribution in [0.25, 0.3) is 11.4 Å². The first-order valence-electron chi connectivity index (χ1n) is 10.8. The van der Waals surface area contributed by atoms with Crippen molar-refractivity contribution < 1.29 is 19.0 Å². The van der Waals surface area contributed by atoms with Gasteiger partial charge in [-0.1, -0.05) is 32.4 Å². The van der Waals surface area contributed by atoms with Crippen LogP contribution in [0.4, 0.5) is 0 Å². The van der Waals surface area contributed by atoms with Crippen molar-refractivity contribution in [3.63, 3.8) is 0 Å². The van der Waals surface area contributed by atoms with Gasteiger partial charge in [0.25, 0.3) is 0 Å². The van der Waals surface area contributed by atoms with E-state index < -0.39 is 5.97 Å². The van der Waals surface area contributed by atoms with Crippen LogP contribution in [-0.4, -0.2) is 42.5 Å². The van der Waals surface area contributed by atoms with Gasteiger partial charge < -0.3 is 18.8 Å². The molecule has 3 rings (SSSR count). The van der Waals surface area contributed by atoms with Gasteiger partial charge in [0.1, 0.15) is 5.56 Å². The van der Waals surface area contributed by atoms with Gasteiger partial charge in [-0.2, -0.15) is 13.5 Å². The maximum absolute atomic E-state index is 12.9. The number of ether oxygens (including phenoxy) is 3. The molecule has 0 radical (unpaired) electrons. The molecule has 0 saturated carbocycles. The SMILES string of the molecule is CCOC(=O)c1c(C)n2c(cc1=O)-c1nc(Cl)c(OCCCOC)cc1C[C@H]2C(C)(C)C.S. The number of halogens is 1. The molecular weight excluding hydrogens is 464 g/mol. The molecule has 0 fully saturated rings. The molecule has 0 amide bonds. The van der Waals surface area contributed by atoms with E-state index in [0.717, 1.165) is 12.0 Å². The summed E-state index contributed by atoms with van der Waals surface area (Å²) in [5, 5.41) is 0.237. The Morgan fingerprint density at radius 1 is 1.27 bits per heavy atom. The van der Waals surface area contributed by atoms with E-state index in [4.69, 9.17) is 25.8 Å². The zero-order valence-electron chi connectivity index (χ0n) is 20.1. The minimum atomic E-state index is -0.602. The second kappa shape index (κ2) is 10.9. The van der Waals surface area contributed by atoms with Crippen LogP contribution in [0.1, 0.15) is 61.8 Å². The minimum Gasteiger partial charge on any atom is -0.490 e. The van der Waals surface area contributed by atoms with E-state index in [0.29, 0.717) is 42.5 Å². The number of rotatable bonds is 7. The highest BCUT2D eigenvalue weighted by Gasteiger charge is 2.36. The van der Waals surface area contributed by atoms with Crippen molar-refractivity contribution in [2.24, 2.45) is 5.41 Å². The Morgan fingerprint density at radius 2 is 1.97 bits per heavy atom. The number of hydrogen-bond acceptors (Lipinski definition) is 6. The lowest BCUT2D eigenvalue weighted by molar-refractivity contribution is 0.0521. The molecule has 2 aromatic heterocycles. The van der Waals surface area contributed by atoms with Crippen molar-refractivity contribution in [3.05, 3.63) is 44.3 Å². The van der Waals surface area contributed by atoms with E-state index in [1.807, 2.05) is 10.6 Å². The summed E-state index contributed by atoms with van der Waals surface area (Å²) in [6, 6.07) is 3.38. The lowest BCUT2D eigenvalue weighted by Gasteiger charge is -2.40. The van der Waals surface area contributed by atoms with Crippen LogP contribution in [0, 0.1) is 12.3 Å². The van der Waals surface area contributed by atoms with Gasteiger partial charge in [0, 0.05) is 37.9 Å². The predicted octanol–water partition coefficient (Wildman–Crippen LogP) is 4.72. The zero-order chi connectivity index (χ0) is 23.6. The first-order chi connectivity index (χ1) is 15.1. The Kier molecular flexibility index (Phi) is 9.01. The maximum atomic E-state index is 12.9. The molecule has 3 heterocycles. The van der Waals surface area contributed by atoms with Crippen LogP contribution >= 0.6 is 25.1 Å². The first-order valence-corrected chi connectivity index (χ1v) is 11.2. The number of hydrogen-bond donors (Lipinski definition) is 0. The molecule has 2 aromatic rings. The molecule has 1 aliphatic rings. The van der Waals surface area contributed by atoms with E-state index in [-0.39, 0.29) is 47.7 Å². The van der Waals surface area contributed by atoms with Gasteiger partial charge in [0.2, 0.25) is 0 Å². The second-order valence-electron chi connectivity index (χ2n) is 9.01. The standard InChI is InChI=1S/C24H31ClN2O5.H2S/c1-7-31-23(29)20-14(2)27-16(13-17(20)28)21-15(12-19(27)24(3,4)5)11-18(22(25)26-21)32-10-8-9-30-6;/h11,13,19H,7-10,12H2,1-6H3;1H2/t19-;/m0./s1. The topological polar surface area (TPSA) is 79.7 Å². The van der Waals surface area contributed by atoms with Crippen molar-refractivity contribution in [1.29, 1.82) is 0 Å². The lowest BCUT2D eigenvalue weighted by atomic mass is 9.79. The summed E-state index contributed by atoms with van der Waals surface area (Å²) in [5.41, 5.74) is 2.35. The summed E-state index contributed by atoms with van der Waals surface area (Å²) in [6.45, 7) is 11.2. The molecule has 0 aliphatic carbocycles. The van der Waals surface area contributed by atoms with E-state index in [1.54, 1.807) is 21.0 Å². The molecule has 9 heteroatoms. The predicted molar refractivity (Wildman–Crippen MR) is 134 cm³/mol. The molecule has 0 spiro atoms. The third kappa shape index (κ3) is 5.55. The highest BCUT2D eigenvalue weighted by atomic mass is 35.5. The molecule has 182 valence electrons. The maximum Gasteiger partial charge on any atom is 0.343 e. The summed E-state index contributed by atoms with van der Waals surface area (Å²) in [7, 11) is 1.65. The molecule has 0 N–H and O–H groups in total. The summed E-state index contributed by atoms with van der Waals surface area (Å²) < 4.78 is 18.1. The van der Waals surface area contributed by atoms with Crippen LogP contribution in [0.2, 0.25) is 5.15 Å². The van der Waals surface area contributed by atoms with Gasteiger partial charge in [-0.3, -0.25) is 4.79 Å². The molecule has 0 bridgehead atoms. The van der Waals surface area contributed by atoms with Crippen LogP contribution in [0.15, 0.2) is 16.9 Å². The van der Waals surface area contributed by atoms with Gasteiger partial charge in [0.05, 0.1) is 24.6 Å². The number of aromatic nitrogens is 2. The van der Waals surface area contributed by atoms with Crippen molar-refractivity contribution in [2.75, 3.05) is 26.9 Å². The summed E-state index contributed by atoms with van der Waals surface area (Å²) in [5.74, 6) is -0.0839. The molecule has 0 unspecified atom stereocenters. The number of carbonyl (C=O) groups is 1. The van der Waals surface area contributed by atoms with Gasteiger partial charge in [-0.25, -0.2) is 9.78 Å². The fraction of sp³-hybridized carbons (Fsp3) is 0.542. The highest BCUT2D eigenvalue weighted by molar-refractivity contribution is 7.59. The summed E-state index contributed by atoms with van der Waals surface area (Å²) >= 11 is 6.44. The van der Waals surface area contributed by atoms with Crippen molar-refractivity contribution in [1.82, 2.24) is 9.55 Å². The number of esters is 1. The van der Waals surface area contributed by atoms with Gasteiger partial charge in [-0.15, -0.1) is 0 Å². The lowest BCUT2D eigenvalue weighted by Crippen LogP contribution is -2.35. The Hall–Kier alpha value is -2.03. The Labute approximate surface area is 206 Å². The minimum absolute atomic E-state index is 0. The quantitative estimate of drug-likeness (QED) is 0.313. The number of pyridine rings is 2. The number of fused-ring (bicyclic) bond motifs is 3. The van der Waals surface area contributed by atoms with Crippen molar-refractivity contribution >= 4 is 31.1 Å². The normalized spacial score (nSPS) is 14.7. The van der Waals surface area contributed by atoms with E-state index >= 15 is 0 Å². The molecule has 0 saturated heterocycles. The average molecular weight is 497 g/mol. The number of carbonyl (C=O) groups excluding carboxylic acids is 1. The van der Waals surface area contributed by atoms with E-state index in [2.05, 4.69) is 25.8 Å². The Morgan fingerprint density at radius 3 is 2.58 bits per heavy atom. The largest absolute Gasteiger partial charge is 0.490 e. The second-order valence-corrected chi connectivity index (χ2v) is 9.37. The molecule has 7 nitrogen and oxygen atoms in total. The summed E-state index contributed by atoms with van der Waals surface area (Å²) in [6.07, 6.45) is 1.40. The fourth-order valence-corrected chi connectivity index (χ4v) is 4.34. The van der Waals surface area contributed by atoms with Gasteiger partial charge in [0.15, 0.2) is 16.3 Å². The third-order valence-electron chi connectivity index (χ3n) is 5.72. The molecule has 33 heavy (non-hydrogen) atoms. The monoisotopic (exact) mass is 496 g/mol. The Balaban J connectivity index is 0.00000385.